The first kappa shape index (κ1) is 15.0. The van der Waals surface area contributed by atoms with E-state index in [-0.39, 0.29) is 17.9 Å². The molecule has 1 aromatic rings. The molecule has 110 valence electrons. The summed E-state index contributed by atoms with van der Waals surface area (Å²) in [6.07, 6.45) is 1.78. The van der Waals surface area contributed by atoms with Crippen molar-refractivity contribution in [3.63, 3.8) is 0 Å². The van der Waals surface area contributed by atoms with Gasteiger partial charge in [0.15, 0.2) is 0 Å². The average Bonchev–Trinajstić information content (AvgIpc) is 2.95. The maximum absolute atomic E-state index is 12.7. The van der Waals surface area contributed by atoms with Crippen LogP contribution in [0.4, 0.5) is 0 Å². The van der Waals surface area contributed by atoms with Crippen LogP contribution in [0.3, 0.4) is 0 Å². The van der Waals surface area contributed by atoms with Gasteiger partial charge in [0, 0.05) is 26.2 Å². The molecule has 4 nitrogen and oxygen atoms in total. The summed E-state index contributed by atoms with van der Waals surface area (Å²) >= 11 is 0. The van der Waals surface area contributed by atoms with E-state index in [4.69, 9.17) is 10.5 Å². The van der Waals surface area contributed by atoms with E-state index >= 15 is 0 Å². The molecule has 4 heteroatoms. The van der Waals surface area contributed by atoms with E-state index in [9.17, 15) is 4.79 Å². The van der Waals surface area contributed by atoms with Crippen molar-refractivity contribution >= 4 is 5.91 Å². The number of carbonyl (C=O) groups excluding carboxylic acids is 1. The second-order valence-corrected chi connectivity index (χ2v) is 5.25. The number of nitrogens with two attached hydrogens (primary N) is 1. The molecule has 0 aromatic heterocycles. The Morgan fingerprint density at radius 1 is 1.40 bits per heavy atom. The lowest BCUT2D eigenvalue weighted by Crippen LogP contribution is -2.41. The van der Waals surface area contributed by atoms with Crippen LogP contribution >= 0.6 is 0 Å². The molecule has 1 aromatic carbocycles. The van der Waals surface area contributed by atoms with Crippen molar-refractivity contribution in [3.05, 3.63) is 35.9 Å². The lowest BCUT2D eigenvalue weighted by atomic mass is 9.97. The second kappa shape index (κ2) is 7.41. The first-order valence-corrected chi connectivity index (χ1v) is 7.40. The number of rotatable bonds is 6. The summed E-state index contributed by atoms with van der Waals surface area (Å²) in [5, 5.41) is 0. The van der Waals surface area contributed by atoms with E-state index in [0.29, 0.717) is 26.2 Å². The highest BCUT2D eigenvalue weighted by atomic mass is 16.5. The van der Waals surface area contributed by atoms with Crippen molar-refractivity contribution < 1.29 is 9.53 Å². The summed E-state index contributed by atoms with van der Waals surface area (Å²) in [5.74, 6) is 0.180. The summed E-state index contributed by atoms with van der Waals surface area (Å²) in [4.78, 5) is 14.6. The van der Waals surface area contributed by atoms with Gasteiger partial charge in [-0.25, -0.2) is 0 Å². The zero-order valence-corrected chi connectivity index (χ0v) is 12.1. The van der Waals surface area contributed by atoms with Gasteiger partial charge in [-0.2, -0.15) is 0 Å². The monoisotopic (exact) mass is 276 g/mol. The van der Waals surface area contributed by atoms with Crippen molar-refractivity contribution in [2.45, 2.75) is 32.4 Å². The largest absolute Gasteiger partial charge is 0.377 e. The minimum atomic E-state index is -0.00439. The number of nitrogens with zero attached hydrogens (tertiary/aromatic N) is 1. The molecule has 1 fully saturated rings. The minimum absolute atomic E-state index is 0.00439. The van der Waals surface area contributed by atoms with Gasteiger partial charge in [-0.05, 0) is 18.4 Å². The molecular formula is C16H24N2O2. The smallest absolute Gasteiger partial charge is 0.228 e. The fourth-order valence-electron chi connectivity index (χ4n) is 2.79. The molecule has 1 saturated heterocycles. The normalized spacial score (nSPS) is 21.9. The SMILES string of the molecule is CCC1OCCC1C(=O)N(CCN)Cc1ccccc1. The number of benzene rings is 1. The maximum atomic E-state index is 12.7. The van der Waals surface area contributed by atoms with Gasteiger partial charge >= 0.3 is 0 Å². The van der Waals surface area contributed by atoms with Gasteiger partial charge in [0.25, 0.3) is 0 Å². The molecule has 1 amide bonds. The molecule has 1 aliphatic rings. The first-order chi connectivity index (χ1) is 9.76. The fourth-order valence-corrected chi connectivity index (χ4v) is 2.79. The lowest BCUT2D eigenvalue weighted by Gasteiger charge is -2.27. The molecule has 0 bridgehead atoms. The summed E-state index contributed by atoms with van der Waals surface area (Å²) in [5.41, 5.74) is 6.80. The molecule has 2 rings (SSSR count). The molecule has 1 aliphatic heterocycles. The number of amides is 1. The summed E-state index contributed by atoms with van der Waals surface area (Å²) < 4.78 is 5.64. The summed E-state index contributed by atoms with van der Waals surface area (Å²) in [6.45, 7) is 4.48. The van der Waals surface area contributed by atoms with Gasteiger partial charge in [-0.3, -0.25) is 4.79 Å². The molecular weight excluding hydrogens is 252 g/mol. The van der Waals surface area contributed by atoms with Crippen molar-refractivity contribution in [2.75, 3.05) is 19.7 Å². The van der Waals surface area contributed by atoms with Crippen LogP contribution in [-0.4, -0.2) is 36.6 Å². The Bertz CT molecular complexity index is 422. The predicted octanol–water partition coefficient (Wildman–Crippen LogP) is 1.79. The third-order valence-electron chi connectivity index (χ3n) is 3.86. The van der Waals surface area contributed by atoms with Crippen LogP contribution in [0, 0.1) is 5.92 Å². The standard InChI is InChI=1S/C16H24N2O2/c1-2-15-14(8-11-20-15)16(19)18(10-9-17)12-13-6-4-3-5-7-13/h3-7,14-15H,2,8-12,17H2,1H3. The Labute approximate surface area is 120 Å². The Hall–Kier alpha value is -1.39. The van der Waals surface area contributed by atoms with Crippen LogP contribution in [0.25, 0.3) is 0 Å². The lowest BCUT2D eigenvalue weighted by molar-refractivity contribution is -0.137. The molecule has 2 N–H and O–H groups in total. The highest BCUT2D eigenvalue weighted by molar-refractivity contribution is 5.79. The van der Waals surface area contributed by atoms with E-state index in [1.165, 1.54) is 0 Å². The van der Waals surface area contributed by atoms with Crippen LogP contribution in [0.5, 0.6) is 0 Å². The van der Waals surface area contributed by atoms with Crippen LogP contribution in [-0.2, 0) is 16.1 Å². The molecule has 0 aliphatic carbocycles. The summed E-state index contributed by atoms with van der Waals surface area (Å²) in [7, 11) is 0. The number of hydrogen-bond acceptors (Lipinski definition) is 3. The molecule has 2 atom stereocenters. The Morgan fingerprint density at radius 2 is 2.15 bits per heavy atom. The molecule has 0 spiro atoms. The zero-order valence-electron chi connectivity index (χ0n) is 12.1. The Kier molecular flexibility index (Phi) is 5.56. The van der Waals surface area contributed by atoms with Gasteiger partial charge in [-0.1, -0.05) is 37.3 Å². The highest BCUT2D eigenvalue weighted by Crippen LogP contribution is 2.26. The third-order valence-corrected chi connectivity index (χ3v) is 3.86. The van der Waals surface area contributed by atoms with Crippen LogP contribution < -0.4 is 5.73 Å². The van der Waals surface area contributed by atoms with E-state index in [1.54, 1.807) is 0 Å². The van der Waals surface area contributed by atoms with Crippen LogP contribution in [0.15, 0.2) is 30.3 Å². The quantitative estimate of drug-likeness (QED) is 0.862. The van der Waals surface area contributed by atoms with Crippen LogP contribution in [0.2, 0.25) is 0 Å². The first-order valence-electron chi connectivity index (χ1n) is 7.40. The van der Waals surface area contributed by atoms with Crippen molar-refractivity contribution in [3.8, 4) is 0 Å². The molecule has 0 radical (unpaired) electrons. The van der Waals surface area contributed by atoms with Gasteiger partial charge < -0.3 is 15.4 Å². The van der Waals surface area contributed by atoms with E-state index < -0.39 is 0 Å². The molecule has 20 heavy (non-hydrogen) atoms. The van der Waals surface area contributed by atoms with Crippen molar-refractivity contribution in [2.24, 2.45) is 11.7 Å². The number of ether oxygens (including phenoxy) is 1. The average molecular weight is 276 g/mol. The molecule has 1 heterocycles. The van der Waals surface area contributed by atoms with Gasteiger partial charge in [0.1, 0.15) is 0 Å². The van der Waals surface area contributed by atoms with Gasteiger partial charge in [0.05, 0.1) is 12.0 Å². The zero-order chi connectivity index (χ0) is 14.4. The third kappa shape index (κ3) is 3.58. The van der Waals surface area contributed by atoms with Gasteiger partial charge in [-0.15, -0.1) is 0 Å². The Balaban J connectivity index is 2.05. The fraction of sp³-hybridized carbons (Fsp3) is 0.562. The van der Waals surface area contributed by atoms with E-state index in [0.717, 1.165) is 18.4 Å². The van der Waals surface area contributed by atoms with Crippen LogP contribution in [0.1, 0.15) is 25.3 Å². The maximum Gasteiger partial charge on any atom is 0.228 e. The predicted molar refractivity (Wildman–Crippen MR) is 79.1 cm³/mol. The van der Waals surface area contributed by atoms with E-state index in [2.05, 4.69) is 6.92 Å². The topological polar surface area (TPSA) is 55.6 Å². The van der Waals surface area contributed by atoms with Crippen molar-refractivity contribution in [1.29, 1.82) is 0 Å². The molecule has 2 unspecified atom stereocenters. The number of hydrogen-bond donors (Lipinski definition) is 1. The summed E-state index contributed by atoms with van der Waals surface area (Å²) in [6, 6.07) is 10.1. The molecule has 0 saturated carbocycles. The second-order valence-electron chi connectivity index (χ2n) is 5.25. The van der Waals surface area contributed by atoms with Crippen molar-refractivity contribution in [1.82, 2.24) is 4.90 Å². The van der Waals surface area contributed by atoms with E-state index in [1.807, 2.05) is 35.2 Å². The minimum Gasteiger partial charge on any atom is -0.377 e. The van der Waals surface area contributed by atoms with Gasteiger partial charge in [0.2, 0.25) is 5.91 Å². The number of carbonyl (C=O) groups is 1. The highest BCUT2D eigenvalue weighted by Gasteiger charge is 2.35. The Morgan fingerprint density at radius 3 is 2.80 bits per heavy atom.